The lowest BCUT2D eigenvalue weighted by Gasteiger charge is -2.34. The molecule has 0 aromatic carbocycles. The van der Waals surface area contributed by atoms with Crippen LogP contribution in [0.4, 0.5) is 0 Å². The van der Waals surface area contributed by atoms with Crippen LogP contribution in [0.1, 0.15) is 12.8 Å². The fourth-order valence-electron chi connectivity index (χ4n) is 2.20. The normalized spacial score (nSPS) is 18.2. The van der Waals surface area contributed by atoms with E-state index in [4.69, 9.17) is 0 Å². The Morgan fingerprint density at radius 1 is 1.11 bits per heavy atom. The van der Waals surface area contributed by atoms with Crippen molar-refractivity contribution in [3.05, 3.63) is 0 Å². The molecule has 0 N–H and O–H groups in total. The molecule has 1 aliphatic rings. The predicted octanol–water partition coefficient (Wildman–Crippen LogP) is 0.119. The van der Waals surface area contributed by atoms with Crippen LogP contribution in [0.25, 0.3) is 0 Å². The van der Waals surface area contributed by atoms with Gasteiger partial charge in [0.05, 0.1) is 13.5 Å². The van der Waals surface area contributed by atoms with E-state index < -0.39 is 0 Å². The molecule has 0 atom stereocenters. The number of carbonyl (C=O) groups is 1. The monoisotopic (exact) mass is 257 g/mol. The first-order valence-electron chi connectivity index (χ1n) is 6.78. The largest absolute Gasteiger partial charge is 0.469 e. The lowest BCUT2D eigenvalue weighted by Crippen LogP contribution is -2.47. The maximum absolute atomic E-state index is 11.1. The van der Waals surface area contributed by atoms with Gasteiger partial charge in [0.2, 0.25) is 0 Å². The van der Waals surface area contributed by atoms with Crippen molar-refractivity contribution < 1.29 is 9.53 Å². The summed E-state index contributed by atoms with van der Waals surface area (Å²) < 4.78 is 4.66. The van der Waals surface area contributed by atoms with Crippen LogP contribution in [-0.4, -0.2) is 87.7 Å². The Bertz CT molecular complexity index is 238. The predicted molar refractivity (Wildman–Crippen MR) is 72.7 cm³/mol. The van der Waals surface area contributed by atoms with Gasteiger partial charge in [-0.3, -0.25) is 4.79 Å². The molecule has 106 valence electrons. The zero-order valence-electron chi connectivity index (χ0n) is 12.0. The van der Waals surface area contributed by atoms with E-state index in [-0.39, 0.29) is 5.97 Å². The molecule has 5 nitrogen and oxygen atoms in total. The zero-order chi connectivity index (χ0) is 13.4. The van der Waals surface area contributed by atoms with Crippen LogP contribution < -0.4 is 0 Å². The summed E-state index contributed by atoms with van der Waals surface area (Å²) in [6, 6.07) is 0. The second kappa shape index (κ2) is 8.45. The fourth-order valence-corrected chi connectivity index (χ4v) is 2.20. The van der Waals surface area contributed by atoms with Gasteiger partial charge in [0, 0.05) is 32.7 Å². The van der Waals surface area contributed by atoms with Gasteiger partial charge >= 0.3 is 5.97 Å². The van der Waals surface area contributed by atoms with Crippen LogP contribution in [0.15, 0.2) is 0 Å². The van der Waals surface area contributed by atoms with Crippen molar-refractivity contribution in [2.75, 3.05) is 67.0 Å². The van der Waals surface area contributed by atoms with E-state index in [9.17, 15) is 4.79 Å². The first-order valence-corrected chi connectivity index (χ1v) is 6.78. The molecule has 0 aromatic rings. The quantitative estimate of drug-likeness (QED) is 0.605. The van der Waals surface area contributed by atoms with Gasteiger partial charge in [0.25, 0.3) is 0 Å². The highest BCUT2D eigenvalue weighted by Crippen LogP contribution is 2.03. The van der Waals surface area contributed by atoms with E-state index in [1.807, 2.05) is 0 Å². The van der Waals surface area contributed by atoms with E-state index in [2.05, 4.69) is 33.5 Å². The van der Waals surface area contributed by atoms with Gasteiger partial charge in [-0.1, -0.05) is 0 Å². The van der Waals surface area contributed by atoms with Crippen molar-refractivity contribution in [2.45, 2.75) is 12.8 Å². The van der Waals surface area contributed by atoms with Gasteiger partial charge in [-0.25, -0.2) is 0 Å². The lowest BCUT2D eigenvalue weighted by molar-refractivity contribution is -0.141. The van der Waals surface area contributed by atoms with Gasteiger partial charge < -0.3 is 19.4 Å². The van der Waals surface area contributed by atoms with Crippen molar-refractivity contribution in [1.82, 2.24) is 14.7 Å². The van der Waals surface area contributed by atoms with Crippen molar-refractivity contribution in [3.63, 3.8) is 0 Å². The van der Waals surface area contributed by atoms with Gasteiger partial charge in [-0.2, -0.15) is 0 Å². The molecule has 18 heavy (non-hydrogen) atoms. The number of hydrogen-bond acceptors (Lipinski definition) is 5. The smallest absolute Gasteiger partial charge is 0.306 e. The molecule has 1 rings (SSSR count). The van der Waals surface area contributed by atoms with Gasteiger partial charge in [-0.15, -0.1) is 0 Å². The standard InChI is InChI=1S/C13H27N3O2/c1-14(2)6-4-7-15-9-11-16(12-10-15)8-5-13(17)18-3/h4-12H2,1-3H3. The molecule has 0 saturated carbocycles. The van der Waals surface area contributed by atoms with E-state index >= 15 is 0 Å². The fraction of sp³-hybridized carbons (Fsp3) is 0.923. The molecule has 5 heteroatoms. The number of hydrogen-bond donors (Lipinski definition) is 0. The number of piperazine rings is 1. The Morgan fingerprint density at radius 2 is 1.67 bits per heavy atom. The van der Waals surface area contributed by atoms with E-state index in [0.29, 0.717) is 6.42 Å². The van der Waals surface area contributed by atoms with Crippen LogP contribution in [0, 0.1) is 0 Å². The lowest BCUT2D eigenvalue weighted by atomic mass is 10.2. The number of rotatable bonds is 7. The summed E-state index contributed by atoms with van der Waals surface area (Å²) in [6.45, 7) is 7.55. The number of carbonyl (C=O) groups excluding carboxylic acids is 1. The highest BCUT2D eigenvalue weighted by atomic mass is 16.5. The van der Waals surface area contributed by atoms with E-state index in [0.717, 1.165) is 39.3 Å². The van der Waals surface area contributed by atoms with E-state index in [1.165, 1.54) is 20.1 Å². The zero-order valence-corrected chi connectivity index (χ0v) is 12.0. The molecule has 0 unspecified atom stereocenters. The van der Waals surface area contributed by atoms with Gasteiger partial charge in [0.15, 0.2) is 0 Å². The van der Waals surface area contributed by atoms with Gasteiger partial charge in [-0.05, 0) is 33.6 Å². The maximum Gasteiger partial charge on any atom is 0.306 e. The summed E-state index contributed by atoms with van der Waals surface area (Å²) in [4.78, 5) is 18.1. The second-order valence-electron chi connectivity index (χ2n) is 5.17. The summed E-state index contributed by atoms with van der Waals surface area (Å²) in [5, 5.41) is 0. The van der Waals surface area contributed by atoms with E-state index in [1.54, 1.807) is 0 Å². The average Bonchev–Trinajstić information content (AvgIpc) is 2.37. The van der Waals surface area contributed by atoms with Crippen molar-refractivity contribution in [1.29, 1.82) is 0 Å². The minimum Gasteiger partial charge on any atom is -0.469 e. The third-order valence-corrected chi connectivity index (χ3v) is 3.40. The van der Waals surface area contributed by atoms with Crippen LogP contribution in [0.2, 0.25) is 0 Å². The molecule has 0 bridgehead atoms. The van der Waals surface area contributed by atoms with Gasteiger partial charge in [0.1, 0.15) is 0 Å². The van der Waals surface area contributed by atoms with Crippen molar-refractivity contribution in [3.8, 4) is 0 Å². The number of ether oxygens (including phenoxy) is 1. The molecule has 1 aliphatic heterocycles. The Hall–Kier alpha value is -0.650. The molecule has 0 radical (unpaired) electrons. The SMILES string of the molecule is COC(=O)CCN1CCN(CCCN(C)C)CC1. The molecular weight excluding hydrogens is 230 g/mol. The number of methoxy groups -OCH3 is 1. The average molecular weight is 257 g/mol. The molecule has 1 heterocycles. The van der Waals surface area contributed by atoms with Crippen LogP contribution >= 0.6 is 0 Å². The molecule has 0 amide bonds. The highest BCUT2D eigenvalue weighted by Gasteiger charge is 2.16. The summed E-state index contributed by atoms with van der Waals surface area (Å²) in [5.74, 6) is -0.108. The summed E-state index contributed by atoms with van der Waals surface area (Å²) in [5.41, 5.74) is 0. The highest BCUT2D eigenvalue weighted by molar-refractivity contribution is 5.69. The Kier molecular flexibility index (Phi) is 7.23. The first-order chi connectivity index (χ1) is 8.61. The second-order valence-corrected chi connectivity index (χ2v) is 5.17. The molecule has 0 spiro atoms. The van der Waals surface area contributed by atoms with Crippen LogP contribution in [0.3, 0.4) is 0 Å². The Balaban J connectivity index is 2.07. The van der Waals surface area contributed by atoms with Crippen molar-refractivity contribution >= 4 is 5.97 Å². The Morgan fingerprint density at radius 3 is 2.17 bits per heavy atom. The summed E-state index contributed by atoms with van der Waals surface area (Å²) in [6.07, 6.45) is 1.74. The minimum absolute atomic E-state index is 0.108. The van der Waals surface area contributed by atoms with Crippen LogP contribution in [-0.2, 0) is 9.53 Å². The summed E-state index contributed by atoms with van der Waals surface area (Å²) >= 11 is 0. The molecule has 0 aliphatic carbocycles. The molecule has 1 saturated heterocycles. The topological polar surface area (TPSA) is 36.0 Å². The maximum atomic E-state index is 11.1. The third-order valence-electron chi connectivity index (χ3n) is 3.40. The van der Waals surface area contributed by atoms with Crippen LogP contribution in [0.5, 0.6) is 0 Å². The number of nitrogens with zero attached hydrogens (tertiary/aromatic N) is 3. The summed E-state index contributed by atoms with van der Waals surface area (Å²) in [7, 11) is 5.68. The Labute approximate surface area is 111 Å². The molecule has 0 aromatic heterocycles. The van der Waals surface area contributed by atoms with Crippen molar-refractivity contribution in [2.24, 2.45) is 0 Å². The third kappa shape index (κ3) is 6.33. The molecule has 1 fully saturated rings. The first kappa shape index (κ1) is 15.4. The number of esters is 1. The molecular formula is C13H27N3O2. The minimum atomic E-state index is -0.108.